The van der Waals surface area contributed by atoms with Gasteiger partial charge in [-0.2, -0.15) is 13.2 Å². The van der Waals surface area contributed by atoms with Gasteiger partial charge in [0.2, 0.25) is 0 Å². The van der Waals surface area contributed by atoms with Gasteiger partial charge in [0.25, 0.3) is 0 Å². The Labute approximate surface area is 159 Å². The fourth-order valence-electron chi connectivity index (χ4n) is 3.37. The topological polar surface area (TPSA) is 36.9 Å². The van der Waals surface area contributed by atoms with Gasteiger partial charge >= 0.3 is 6.18 Å². The number of aliphatic imine (C=N–C) groups is 1. The number of nitrogens with zero attached hydrogens (tertiary/aromatic N) is 2. The molecule has 0 spiro atoms. The second-order valence-electron chi connectivity index (χ2n) is 7.05. The van der Waals surface area contributed by atoms with Gasteiger partial charge in [-0.25, -0.2) is 0 Å². The molecule has 0 bridgehead atoms. The van der Waals surface area contributed by atoms with Crippen LogP contribution in [0.3, 0.4) is 0 Å². The molecule has 27 heavy (non-hydrogen) atoms. The third-order valence-corrected chi connectivity index (χ3v) is 5.00. The number of guanidine groups is 1. The summed E-state index contributed by atoms with van der Waals surface area (Å²) in [5.74, 6) is 1.40. The fourth-order valence-corrected chi connectivity index (χ4v) is 3.37. The summed E-state index contributed by atoms with van der Waals surface area (Å²) >= 11 is 0. The number of nitrogens with one attached hydrogen (secondary N) is 1. The SMILES string of the molecule is CCOCC1CCN(C(=NC)NCCC(C)c2cccc(C(F)(F)F)c2)C1. The monoisotopic (exact) mass is 385 g/mol. The van der Waals surface area contributed by atoms with Crippen molar-refractivity contribution in [1.82, 2.24) is 10.2 Å². The van der Waals surface area contributed by atoms with Crippen LogP contribution in [0.2, 0.25) is 0 Å². The van der Waals surface area contributed by atoms with Crippen LogP contribution in [0.25, 0.3) is 0 Å². The summed E-state index contributed by atoms with van der Waals surface area (Å²) in [4.78, 5) is 6.56. The van der Waals surface area contributed by atoms with Gasteiger partial charge < -0.3 is 15.0 Å². The van der Waals surface area contributed by atoms with Crippen LogP contribution >= 0.6 is 0 Å². The summed E-state index contributed by atoms with van der Waals surface area (Å²) in [6.07, 6.45) is -2.48. The van der Waals surface area contributed by atoms with E-state index in [1.54, 1.807) is 13.1 Å². The number of hydrogen-bond donors (Lipinski definition) is 1. The zero-order chi connectivity index (χ0) is 19.9. The van der Waals surface area contributed by atoms with Gasteiger partial charge in [-0.3, -0.25) is 4.99 Å². The molecule has 4 nitrogen and oxygen atoms in total. The first-order chi connectivity index (χ1) is 12.8. The van der Waals surface area contributed by atoms with Gasteiger partial charge in [0.1, 0.15) is 0 Å². The molecule has 152 valence electrons. The first-order valence-corrected chi connectivity index (χ1v) is 9.55. The van der Waals surface area contributed by atoms with E-state index in [-0.39, 0.29) is 5.92 Å². The largest absolute Gasteiger partial charge is 0.416 e. The second kappa shape index (κ2) is 9.97. The molecule has 0 aliphatic carbocycles. The number of ether oxygens (including phenoxy) is 1. The van der Waals surface area contributed by atoms with E-state index in [1.807, 2.05) is 13.8 Å². The van der Waals surface area contributed by atoms with Crippen LogP contribution < -0.4 is 5.32 Å². The maximum atomic E-state index is 12.9. The molecule has 0 amide bonds. The highest BCUT2D eigenvalue weighted by atomic mass is 19.4. The van der Waals surface area contributed by atoms with Crippen molar-refractivity contribution in [3.63, 3.8) is 0 Å². The third-order valence-electron chi connectivity index (χ3n) is 5.00. The zero-order valence-electron chi connectivity index (χ0n) is 16.4. The van der Waals surface area contributed by atoms with E-state index >= 15 is 0 Å². The summed E-state index contributed by atoms with van der Waals surface area (Å²) in [6, 6.07) is 5.60. The molecular weight excluding hydrogens is 355 g/mol. The highest BCUT2D eigenvalue weighted by Crippen LogP contribution is 2.31. The predicted molar refractivity (Wildman–Crippen MR) is 102 cm³/mol. The lowest BCUT2D eigenvalue weighted by atomic mass is 9.96. The van der Waals surface area contributed by atoms with Crippen LogP contribution in [0.5, 0.6) is 0 Å². The Balaban J connectivity index is 1.82. The molecule has 7 heteroatoms. The first-order valence-electron chi connectivity index (χ1n) is 9.55. The van der Waals surface area contributed by atoms with Crippen molar-refractivity contribution in [2.75, 3.05) is 39.9 Å². The van der Waals surface area contributed by atoms with Gasteiger partial charge in [-0.15, -0.1) is 0 Å². The Morgan fingerprint density at radius 2 is 2.19 bits per heavy atom. The number of likely N-dealkylation sites (tertiary alicyclic amines) is 1. The molecule has 1 saturated heterocycles. The van der Waals surface area contributed by atoms with Crippen molar-refractivity contribution in [3.05, 3.63) is 35.4 Å². The highest BCUT2D eigenvalue weighted by Gasteiger charge is 2.30. The standard InChI is InChI=1S/C20H30F3N3O/c1-4-27-14-16-9-11-26(13-16)19(24-3)25-10-8-15(2)17-6-5-7-18(12-17)20(21,22)23/h5-7,12,15-16H,4,8-11,13-14H2,1-3H3,(H,24,25). The minimum absolute atomic E-state index is 0.0298. The van der Waals surface area contributed by atoms with Crippen LogP contribution in [-0.2, 0) is 10.9 Å². The lowest BCUT2D eigenvalue weighted by Gasteiger charge is -2.22. The lowest BCUT2D eigenvalue weighted by Crippen LogP contribution is -2.40. The van der Waals surface area contributed by atoms with E-state index in [0.717, 1.165) is 51.2 Å². The van der Waals surface area contributed by atoms with E-state index in [1.165, 1.54) is 12.1 Å². The highest BCUT2D eigenvalue weighted by molar-refractivity contribution is 5.80. The summed E-state index contributed by atoms with van der Waals surface area (Å²) < 4.78 is 44.1. The van der Waals surface area contributed by atoms with Crippen molar-refractivity contribution in [2.24, 2.45) is 10.9 Å². The Bertz CT molecular complexity index is 619. The molecule has 0 aromatic heterocycles. The molecule has 2 rings (SSSR count). The predicted octanol–water partition coefficient (Wildman–Crippen LogP) is 4.13. The third kappa shape index (κ3) is 6.41. The number of hydrogen-bond acceptors (Lipinski definition) is 2. The molecular formula is C20H30F3N3O. The molecule has 1 fully saturated rings. The molecule has 1 aromatic carbocycles. The van der Waals surface area contributed by atoms with Crippen LogP contribution in [0, 0.1) is 5.92 Å². The number of halogens is 3. The van der Waals surface area contributed by atoms with Crippen LogP contribution in [-0.4, -0.2) is 50.8 Å². The second-order valence-corrected chi connectivity index (χ2v) is 7.05. The first kappa shape index (κ1) is 21.5. The molecule has 2 atom stereocenters. The smallest absolute Gasteiger partial charge is 0.381 e. The van der Waals surface area contributed by atoms with E-state index in [9.17, 15) is 13.2 Å². The minimum Gasteiger partial charge on any atom is -0.381 e. The normalized spacial score (nSPS) is 19.4. The molecule has 1 aliphatic rings. The zero-order valence-corrected chi connectivity index (χ0v) is 16.4. The van der Waals surface area contributed by atoms with Gasteiger partial charge in [0.05, 0.1) is 12.2 Å². The van der Waals surface area contributed by atoms with E-state index in [4.69, 9.17) is 4.74 Å². The fraction of sp³-hybridized carbons (Fsp3) is 0.650. The summed E-state index contributed by atoms with van der Waals surface area (Å²) in [6.45, 7) is 7.99. The number of benzene rings is 1. The van der Waals surface area contributed by atoms with Crippen molar-refractivity contribution >= 4 is 5.96 Å². The maximum Gasteiger partial charge on any atom is 0.416 e. The van der Waals surface area contributed by atoms with Gasteiger partial charge in [0.15, 0.2) is 5.96 Å². The molecule has 2 unspecified atom stereocenters. The molecule has 1 aromatic rings. The molecule has 0 radical (unpaired) electrons. The van der Waals surface area contributed by atoms with Crippen molar-refractivity contribution in [3.8, 4) is 0 Å². The number of rotatable bonds is 7. The van der Waals surface area contributed by atoms with Gasteiger partial charge in [-0.1, -0.05) is 25.1 Å². The maximum absolute atomic E-state index is 12.9. The summed E-state index contributed by atoms with van der Waals surface area (Å²) in [5.41, 5.74) is 0.118. The summed E-state index contributed by atoms with van der Waals surface area (Å²) in [7, 11) is 1.76. The molecule has 1 N–H and O–H groups in total. The van der Waals surface area contributed by atoms with Crippen LogP contribution in [0.1, 0.15) is 43.7 Å². The molecule has 1 heterocycles. The van der Waals surface area contributed by atoms with Crippen LogP contribution in [0.4, 0.5) is 13.2 Å². The minimum atomic E-state index is -4.30. The Kier molecular flexibility index (Phi) is 7.95. The quantitative estimate of drug-likeness (QED) is 0.566. The molecule has 1 aliphatic heterocycles. The average molecular weight is 385 g/mol. The van der Waals surface area contributed by atoms with Crippen molar-refractivity contribution < 1.29 is 17.9 Å². The van der Waals surface area contributed by atoms with Crippen molar-refractivity contribution in [1.29, 1.82) is 0 Å². The van der Waals surface area contributed by atoms with E-state index in [0.29, 0.717) is 18.0 Å². The molecule has 0 saturated carbocycles. The Morgan fingerprint density at radius 3 is 2.85 bits per heavy atom. The Hall–Kier alpha value is -1.76. The number of alkyl halides is 3. The summed E-state index contributed by atoms with van der Waals surface area (Å²) in [5, 5.41) is 3.35. The lowest BCUT2D eigenvalue weighted by molar-refractivity contribution is -0.137. The van der Waals surface area contributed by atoms with Crippen molar-refractivity contribution in [2.45, 2.75) is 38.8 Å². The van der Waals surface area contributed by atoms with Gasteiger partial charge in [0, 0.05) is 39.2 Å². The van der Waals surface area contributed by atoms with E-state index in [2.05, 4.69) is 15.2 Å². The van der Waals surface area contributed by atoms with E-state index < -0.39 is 11.7 Å². The van der Waals surface area contributed by atoms with Gasteiger partial charge in [-0.05, 0) is 37.3 Å². The average Bonchev–Trinajstić information content (AvgIpc) is 3.11. The van der Waals surface area contributed by atoms with Crippen LogP contribution in [0.15, 0.2) is 29.3 Å². The Morgan fingerprint density at radius 1 is 1.41 bits per heavy atom.